The third-order valence-electron chi connectivity index (χ3n) is 3.28. The summed E-state index contributed by atoms with van der Waals surface area (Å²) in [6.45, 7) is 6.00. The maximum atomic E-state index is 12.3. The van der Waals surface area contributed by atoms with E-state index in [4.69, 9.17) is 0 Å². The fourth-order valence-electron chi connectivity index (χ4n) is 2.09. The molecule has 0 aliphatic heterocycles. The monoisotopic (exact) mass is 320 g/mol. The first-order valence-corrected chi connectivity index (χ1v) is 6.90. The lowest BCUT2D eigenvalue weighted by molar-refractivity contribution is 0.101. The Kier molecular flexibility index (Phi) is 3.80. The first-order valence-electron chi connectivity index (χ1n) is 6.10. The fraction of sp³-hybridized carbons (Fsp3) is 0.267. The second-order valence-corrected chi connectivity index (χ2v) is 5.67. The molecule has 2 aromatic rings. The summed E-state index contributed by atoms with van der Waals surface area (Å²) >= 11 is 3.50. The van der Waals surface area contributed by atoms with E-state index in [1.54, 1.807) is 0 Å². The van der Waals surface area contributed by atoms with Crippen molar-refractivity contribution in [3.05, 3.63) is 51.3 Å². The zero-order chi connectivity index (χ0) is 14.2. The molecule has 0 saturated carbocycles. The average molecular weight is 321 g/mol. The number of halogens is 1. The van der Waals surface area contributed by atoms with Gasteiger partial charge in [0, 0.05) is 17.2 Å². The molecule has 19 heavy (non-hydrogen) atoms. The number of benzene rings is 1. The molecule has 3 nitrogen and oxygen atoms in total. The Morgan fingerprint density at radius 3 is 2.42 bits per heavy atom. The smallest absolute Gasteiger partial charge is 0.272 e. The van der Waals surface area contributed by atoms with Gasteiger partial charge in [-0.05, 0) is 66.0 Å². The molecule has 0 unspecified atom stereocenters. The number of nitrogens with one attached hydrogen (secondary N) is 1. The highest BCUT2D eigenvalue weighted by molar-refractivity contribution is 9.10. The zero-order valence-corrected chi connectivity index (χ0v) is 13.1. The summed E-state index contributed by atoms with van der Waals surface area (Å²) in [6, 6.07) is 7.82. The molecule has 0 fully saturated rings. The molecular weight excluding hydrogens is 304 g/mol. The van der Waals surface area contributed by atoms with Crippen molar-refractivity contribution < 1.29 is 4.79 Å². The van der Waals surface area contributed by atoms with Crippen molar-refractivity contribution >= 4 is 27.5 Å². The van der Waals surface area contributed by atoms with Gasteiger partial charge in [-0.1, -0.05) is 6.07 Å². The number of nitrogens with zero attached hydrogens (tertiary/aromatic N) is 1. The van der Waals surface area contributed by atoms with Crippen molar-refractivity contribution in [1.82, 2.24) is 4.57 Å². The van der Waals surface area contributed by atoms with Crippen molar-refractivity contribution in [1.29, 1.82) is 0 Å². The van der Waals surface area contributed by atoms with E-state index in [2.05, 4.69) is 27.3 Å². The lowest BCUT2D eigenvalue weighted by Gasteiger charge is -2.12. The Bertz CT molecular complexity index is 621. The maximum Gasteiger partial charge on any atom is 0.272 e. The van der Waals surface area contributed by atoms with Crippen LogP contribution in [0.5, 0.6) is 0 Å². The van der Waals surface area contributed by atoms with Crippen molar-refractivity contribution in [2.45, 2.75) is 20.8 Å². The maximum absolute atomic E-state index is 12.3. The standard InChI is InChI=1S/C15H17BrN2O/c1-9-7-10(2)14(12(16)8-9)17-15(19)13-6-5-11(3)18(13)4/h5-8H,1-4H3,(H,17,19). The normalized spacial score (nSPS) is 10.6. The zero-order valence-electron chi connectivity index (χ0n) is 11.5. The van der Waals surface area contributed by atoms with Gasteiger partial charge in [-0.3, -0.25) is 4.79 Å². The topological polar surface area (TPSA) is 34.0 Å². The minimum absolute atomic E-state index is 0.0942. The van der Waals surface area contributed by atoms with Crippen molar-refractivity contribution in [3.63, 3.8) is 0 Å². The van der Waals surface area contributed by atoms with Crippen LogP contribution in [-0.4, -0.2) is 10.5 Å². The molecule has 0 aliphatic carbocycles. The van der Waals surface area contributed by atoms with Crippen LogP contribution in [0.3, 0.4) is 0 Å². The first kappa shape index (κ1) is 13.9. The number of amides is 1. The highest BCUT2D eigenvalue weighted by atomic mass is 79.9. The van der Waals surface area contributed by atoms with E-state index in [0.717, 1.165) is 27.0 Å². The lowest BCUT2D eigenvalue weighted by atomic mass is 10.1. The second-order valence-electron chi connectivity index (χ2n) is 4.81. The summed E-state index contributed by atoms with van der Waals surface area (Å²) in [5.41, 5.74) is 4.76. The quantitative estimate of drug-likeness (QED) is 0.892. The molecule has 1 heterocycles. The number of hydrogen-bond acceptors (Lipinski definition) is 1. The Hall–Kier alpha value is -1.55. The molecule has 1 aromatic heterocycles. The van der Waals surface area contributed by atoms with Gasteiger partial charge in [0.25, 0.3) is 5.91 Å². The molecule has 2 rings (SSSR count). The fourth-order valence-corrected chi connectivity index (χ4v) is 2.87. The van der Waals surface area contributed by atoms with Crippen LogP contribution in [0, 0.1) is 20.8 Å². The molecule has 1 amide bonds. The predicted molar refractivity (Wildman–Crippen MR) is 81.7 cm³/mol. The summed E-state index contributed by atoms with van der Waals surface area (Å²) in [5.74, 6) is -0.0942. The molecule has 0 bridgehead atoms. The van der Waals surface area contributed by atoms with Crippen LogP contribution in [0.1, 0.15) is 27.3 Å². The van der Waals surface area contributed by atoms with E-state index in [-0.39, 0.29) is 5.91 Å². The van der Waals surface area contributed by atoms with Gasteiger partial charge < -0.3 is 9.88 Å². The van der Waals surface area contributed by atoms with E-state index in [0.29, 0.717) is 5.69 Å². The Morgan fingerprint density at radius 2 is 1.89 bits per heavy atom. The average Bonchev–Trinajstić information content (AvgIpc) is 2.64. The number of rotatable bonds is 2. The van der Waals surface area contributed by atoms with Crippen LogP contribution in [0.25, 0.3) is 0 Å². The van der Waals surface area contributed by atoms with Crippen LogP contribution in [-0.2, 0) is 7.05 Å². The molecule has 0 radical (unpaired) electrons. The van der Waals surface area contributed by atoms with Gasteiger partial charge in [-0.15, -0.1) is 0 Å². The summed E-state index contributed by atoms with van der Waals surface area (Å²) < 4.78 is 2.79. The first-order chi connectivity index (χ1) is 8.90. The Balaban J connectivity index is 2.32. The number of aryl methyl sites for hydroxylation is 3. The molecule has 0 aliphatic rings. The highest BCUT2D eigenvalue weighted by Crippen LogP contribution is 2.28. The molecule has 0 spiro atoms. The van der Waals surface area contributed by atoms with Crippen molar-refractivity contribution in [3.8, 4) is 0 Å². The minimum Gasteiger partial charge on any atom is -0.344 e. The molecule has 0 saturated heterocycles. The van der Waals surface area contributed by atoms with Gasteiger partial charge in [0.15, 0.2) is 0 Å². The highest BCUT2D eigenvalue weighted by Gasteiger charge is 2.14. The summed E-state index contributed by atoms with van der Waals surface area (Å²) in [7, 11) is 1.89. The summed E-state index contributed by atoms with van der Waals surface area (Å²) in [5, 5.41) is 2.97. The molecule has 1 aromatic carbocycles. The van der Waals surface area contributed by atoms with E-state index in [9.17, 15) is 4.79 Å². The molecule has 0 atom stereocenters. The minimum atomic E-state index is -0.0942. The molecule has 1 N–H and O–H groups in total. The summed E-state index contributed by atoms with van der Waals surface area (Å²) in [4.78, 5) is 12.3. The molecular formula is C15H17BrN2O. The van der Waals surface area contributed by atoms with E-state index >= 15 is 0 Å². The molecule has 100 valence electrons. The van der Waals surface area contributed by atoms with Gasteiger partial charge in [0.2, 0.25) is 0 Å². The Labute approximate surface area is 121 Å². The number of carbonyl (C=O) groups excluding carboxylic acids is 1. The van der Waals surface area contributed by atoms with Crippen LogP contribution >= 0.6 is 15.9 Å². The number of aromatic nitrogens is 1. The van der Waals surface area contributed by atoms with Gasteiger partial charge in [-0.2, -0.15) is 0 Å². The van der Waals surface area contributed by atoms with Crippen LogP contribution in [0.15, 0.2) is 28.7 Å². The van der Waals surface area contributed by atoms with Gasteiger partial charge in [0.1, 0.15) is 5.69 Å². The third-order valence-corrected chi connectivity index (χ3v) is 3.90. The predicted octanol–water partition coefficient (Wildman–Crippen LogP) is 3.97. The number of anilines is 1. The van der Waals surface area contributed by atoms with Gasteiger partial charge in [-0.25, -0.2) is 0 Å². The van der Waals surface area contributed by atoms with Crippen LogP contribution in [0.4, 0.5) is 5.69 Å². The number of hydrogen-bond donors (Lipinski definition) is 1. The van der Waals surface area contributed by atoms with Crippen LogP contribution in [0.2, 0.25) is 0 Å². The second kappa shape index (κ2) is 5.21. The van der Waals surface area contributed by atoms with Crippen LogP contribution < -0.4 is 5.32 Å². The van der Waals surface area contributed by atoms with E-state index in [1.165, 1.54) is 0 Å². The SMILES string of the molecule is Cc1cc(C)c(NC(=O)c2ccc(C)n2C)c(Br)c1. The lowest BCUT2D eigenvalue weighted by Crippen LogP contribution is -2.17. The largest absolute Gasteiger partial charge is 0.344 e. The van der Waals surface area contributed by atoms with Gasteiger partial charge >= 0.3 is 0 Å². The third kappa shape index (κ3) is 2.73. The summed E-state index contributed by atoms with van der Waals surface area (Å²) in [6.07, 6.45) is 0. The molecule has 4 heteroatoms. The van der Waals surface area contributed by atoms with Crippen molar-refractivity contribution in [2.75, 3.05) is 5.32 Å². The number of carbonyl (C=O) groups is 1. The van der Waals surface area contributed by atoms with Gasteiger partial charge in [0.05, 0.1) is 5.69 Å². The van der Waals surface area contributed by atoms with Crippen molar-refractivity contribution in [2.24, 2.45) is 7.05 Å². The van der Waals surface area contributed by atoms with E-state index in [1.807, 2.05) is 50.6 Å². The Morgan fingerprint density at radius 1 is 1.21 bits per heavy atom. The van der Waals surface area contributed by atoms with E-state index < -0.39 is 0 Å².